The standard InChI is InChI=1S/C14H20N2O3/c1-9-7-10(15)5-6-16(9)14(18)12-4-3-11(19-2)8-13(12)17/h3-4,8-10,17H,5-7,15H2,1-2H3. The van der Waals surface area contributed by atoms with Gasteiger partial charge in [0.2, 0.25) is 0 Å². The Morgan fingerprint density at radius 2 is 2.26 bits per heavy atom. The van der Waals surface area contributed by atoms with Gasteiger partial charge in [-0.1, -0.05) is 0 Å². The average molecular weight is 264 g/mol. The Morgan fingerprint density at radius 1 is 1.53 bits per heavy atom. The minimum absolute atomic E-state index is 0.0496. The van der Waals surface area contributed by atoms with Gasteiger partial charge in [-0.2, -0.15) is 0 Å². The summed E-state index contributed by atoms with van der Waals surface area (Å²) in [5.74, 6) is 0.328. The number of nitrogens with two attached hydrogens (primary N) is 1. The van der Waals surface area contributed by atoms with Crippen molar-refractivity contribution in [3.63, 3.8) is 0 Å². The number of phenols is 1. The second kappa shape index (κ2) is 5.48. The molecule has 5 heteroatoms. The van der Waals surface area contributed by atoms with Crippen LogP contribution in [0.3, 0.4) is 0 Å². The Labute approximate surface area is 113 Å². The van der Waals surface area contributed by atoms with Gasteiger partial charge in [-0.25, -0.2) is 0 Å². The first-order valence-corrected chi connectivity index (χ1v) is 6.46. The van der Waals surface area contributed by atoms with Crippen LogP contribution < -0.4 is 10.5 Å². The van der Waals surface area contributed by atoms with E-state index < -0.39 is 0 Å². The molecule has 0 radical (unpaired) electrons. The molecule has 1 saturated heterocycles. The molecule has 1 amide bonds. The molecule has 1 heterocycles. The highest BCUT2D eigenvalue weighted by molar-refractivity contribution is 5.97. The number of rotatable bonds is 2. The zero-order valence-corrected chi connectivity index (χ0v) is 11.3. The normalized spacial score (nSPS) is 23.2. The van der Waals surface area contributed by atoms with Gasteiger partial charge in [-0.05, 0) is 31.9 Å². The number of carbonyl (C=O) groups excluding carboxylic acids is 1. The van der Waals surface area contributed by atoms with Crippen LogP contribution in [0.1, 0.15) is 30.1 Å². The van der Waals surface area contributed by atoms with Gasteiger partial charge in [-0.3, -0.25) is 4.79 Å². The van der Waals surface area contributed by atoms with Gasteiger partial charge >= 0.3 is 0 Å². The molecule has 2 atom stereocenters. The number of hydrogen-bond donors (Lipinski definition) is 2. The van der Waals surface area contributed by atoms with Crippen molar-refractivity contribution in [1.29, 1.82) is 0 Å². The molecule has 19 heavy (non-hydrogen) atoms. The van der Waals surface area contributed by atoms with Crippen molar-refractivity contribution in [2.24, 2.45) is 5.73 Å². The lowest BCUT2D eigenvalue weighted by Gasteiger charge is -2.36. The summed E-state index contributed by atoms with van der Waals surface area (Å²) in [4.78, 5) is 14.2. The van der Waals surface area contributed by atoms with Crippen molar-refractivity contribution < 1.29 is 14.6 Å². The molecule has 1 aromatic rings. The number of hydrogen-bond acceptors (Lipinski definition) is 4. The number of carbonyl (C=O) groups is 1. The average Bonchev–Trinajstić information content (AvgIpc) is 2.37. The van der Waals surface area contributed by atoms with E-state index in [1.807, 2.05) is 6.92 Å². The quantitative estimate of drug-likeness (QED) is 0.845. The van der Waals surface area contributed by atoms with Crippen molar-refractivity contribution in [1.82, 2.24) is 4.90 Å². The molecule has 1 aliphatic heterocycles. The fraction of sp³-hybridized carbons (Fsp3) is 0.500. The molecule has 0 spiro atoms. The van der Waals surface area contributed by atoms with E-state index in [2.05, 4.69) is 0 Å². The van der Waals surface area contributed by atoms with Crippen molar-refractivity contribution in [3.8, 4) is 11.5 Å². The van der Waals surface area contributed by atoms with Gasteiger partial charge in [0.05, 0.1) is 12.7 Å². The maximum atomic E-state index is 12.4. The van der Waals surface area contributed by atoms with E-state index in [0.717, 1.165) is 12.8 Å². The third-order valence-electron chi connectivity index (χ3n) is 3.61. The third kappa shape index (κ3) is 2.81. The number of piperidine rings is 1. The van der Waals surface area contributed by atoms with Crippen LogP contribution in [-0.4, -0.2) is 41.7 Å². The van der Waals surface area contributed by atoms with Crippen LogP contribution >= 0.6 is 0 Å². The predicted molar refractivity (Wildman–Crippen MR) is 72.4 cm³/mol. The molecule has 0 saturated carbocycles. The Kier molecular flexibility index (Phi) is 3.95. The zero-order chi connectivity index (χ0) is 14.0. The molecular formula is C14H20N2O3. The van der Waals surface area contributed by atoms with Crippen LogP contribution in [0.5, 0.6) is 11.5 Å². The molecule has 0 aliphatic carbocycles. The summed E-state index contributed by atoms with van der Waals surface area (Å²) in [6, 6.07) is 4.97. The Bertz CT molecular complexity index is 476. The van der Waals surface area contributed by atoms with Crippen LogP contribution in [0, 0.1) is 0 Å². The molecule has 2 rings (SSSR count). The predicted octanol–water partition coefficient (Wildman–Crippen LogP) is 1.35. The number of amides is 1. The van der Waals surface area contributed by atoms with E-state index >= 15 is 0 Å². The molecule has 104 valence electrons. The molecule has 1 aliphatic rings. The number of phenolic OH excluding ortho intramolecular Hbond substituents is 1. The Hall–Kier alpha value is -1.75. The highest BCUT2D eigenvalue weighted by Crippen LogP contribution is 2.27. The van der Waals surface area contributed by atoms with E-state index in [-0.39, 0.29) is 23.7 Å². The molecule has 1 aromatic carbocycles. The lowest BCUT2D eigenvalue weighted by Crippen LogP contribution is -2.48. The monoisotopic (exact) mass is 264 g/mol. The van der Waals surface area contributed by atoms with Gasteiger partial charge in [0.15, 0.2) is 0 Å². The summed E-state index contributed by atoms with van der Waals surface area (Å²) < 4.78 is 5.01. The summed E-state index contributed by atoms with van der Waals surface area (Å²) in [5.41, 5.74) is 6.20. The summed E-state index contributed by atoms with van der Waals surface area (Å²) in [6.45, 7) is 2.62. The zero-order valence-electron chi connectivity index (χ0n) is 11.3. The van der Waals surface area contributed by atoms with Crippen LogP contribution in [-0.2, 0) is 0 Å². The smallest absolute Gasteiger partial charge is 0.257 e. The lowest BCUT2D eigenvalue weighted by molar-refractivity contribution is 0.0616. The molecular weight excluding hydrogens is 244 g/mol. The van der Waals surface area contributed by atoms with Crippen molar-refractivity contribution in [2.45, 2.75) is 31.8 Å². The fourth-order valence-corrected chi connectivity index (χ4v) is 2.48. The largest absolute Gasteiger partial charge is 0.507 e. The highest BCUT2D eigenvalue weighted by Gasteiger charge is 2.28. The highest BCUT2D eigenvalue weighted by atomic mass is 16.5. The first-order valence-electron chi connectivity index (χ1n) is 6.46. The summed E-state index contributed by atoms with van der Waals surface area (Å²) in [5, 5.41) is 9.91. The number of ether oxygens (including phenoxy) is 1. The minimum atomic E-state index is -0.153. The summed E-state index contributed by atoms with van der Waals surface area (Å²) in [7, 11) is 1.52. The molecule has 3 N–H and O–H groups in total. The second-order valence-corrected chi connectivity index (χ2v) is 5.02. The lowest BCUT2D eigenvalue weighted by atomic mass is 9.98. The number of methoxy groups -OCH3 is 1. The van der Waals surface area contributed by atoms with Gasteiger partial charge in [0.25, 0.3) is 5.91 Å². The fourth-order valence-electron chi connectivity index (χ4n) is 2.48. The van der Waals surface area contributed by atoms with Gasteiger partial charge in [-0.15, -0.1) is 0 Å². The van der Waals surface area contributed by atoms with Gasteiger partial charge in [0, 0.05) is 24.7 Å². The van der Waals surface area contributed by atoms with E-state index in [1.54, 1.807) is 17.0 Å². The van der Waals surface area contributed by atoms with Gasteiger partial charge in [0.1, 0.15) is 11.5 Å². The minimum Gasteiger partial charge on any atom is -0.507 e. The van der Waals surface area contributed by atoms with Crippen LogP contribution in [0.25, 0.3) is 0 Å². The molecule has 2 unspecified atom stereocenters. The summed E-state index contributed by atoms with van der Waals surface area (Å²) >= 11 is 0. The van der Waals surface area contributed by atoms with Gasteiger partial charge < -0.3 is 20.5 Å². The van der Waals surface area contributed by atoms with Crippen molar-refractivity contribution >= 4 is 5.91 Å². The summed E-state index contributed by atoms with van der Waals surface area (Å²) in [6.07, 6.45) is 1.59. The molecule has 0 aromatic heterocycles. The number of likely N-dealkylation sites (tertiary alicyclic amines) is 1. The Balaban J connectivity index is 2.19. The maximum Gasteiger partial charge on any atom is 0.257 e. The number of nitrogens with zero attached hydrogens (tertiary/aromatic N) is 1. The second-order valence-electron chi connectivity index (χ2n) is 5.02. The van der Waals surface area contributed by atoms with Crippen molar-refractivity contribution in [3.05, 3.63) is 23.8 Å². The molecule has 5 nitrogen and oxygen atoms in total. The van der Waals surface area contributed by atoms with E-state index in [1.165, 1.54) is 13.2 Å². The molecule has 0 bridgehead atoms. The number of benzene rings is 1. The maximum absolute atomic E-state index is 12.4. The first kappa shape index (κ1) is 13.7. The van der Waals surface area contributed by atoms with Crippen LogP contribution in [0.15, 0.2) is 18.2 Å². The number of aromatic hydroxyl groups is 1. The van der Waals surface area contributed by atoms with Crippen LogP contribution in [0.2, 0.25) is 0 Å². The SMILES string of the molecule is COc1ccc(C(=O)N2CCC(N)CC2C)c(O)c1. The van der Waals surface area contributed by atoms with E-state index in [9.17, 15) is 9.90 Å². The third-order valence-corrected chi connectivity index (χ3v) is 3.61. The van der Waals surface area contributed by atoms with Crippen LogP contribution in [0.4, 0.5) is 0 Å². The topological polar surface area (TPSA) is 75.8 Å². The van der Waals surface area contributed by atoms with E-state index in [4.69, 9.17) is 10.5 Å². The van der Waals surface area contributed by atoms with E-state index in [0.29, 0.717) is 17.9 Å². The first-order chi connectivity index (χ1) is 9.02. The molecule has 1 fully saturated rings. The Morgan fingerprint density at radius 3 is 2.84 bits per heavy atom. The van der Waals surface area contributed by atoms with Crippen molar-refractivity contribution in [2.75, 3.05) is 13.7 Å².